The summed E-state index contributed by atoms with van der Waals surface area (Å²) in [4.78, 5) is 12.3. The van der Waals surface area contributed by atoms with Gasteiger partial charge in [-0.3, -0.25) is 9.89 Å². The summed E-state index contributed by atoms with van der Waals surface area (Å²) < 4.78 is 1.63. The number of nitrogens with one attached hydrogen (secondary N) is 2. The summed E-state index contributed by atoms with van der Waals surface area (Å²) in [5, 5.41) is 10.7. The summed E-state index contributed by atoms with van der Waals surface area (Å²) in [6, 6.07) is 13.0. The highest BCUT2D eigenvalue weighted by Crippen LogP contribution is 2.24. The molecule has 0 atom stereocenters. The fourth-order valence-electron chi connectivity index (χ4n) is 1.91. The molecule has 0 saturated carbocycles. The van der Waals surface area contributed by atoms with Crippen LogP contribution in [0.5, 0.6) is 0 Å². The van der Waals surface area contributed by atoms with Crippen LogP contribution in [0.15, 0.2) is 51.4 Å². The topological polar surface area (TPSA) is 57.8 Å². The van der Waals surface area contributed by atoms with Gasteiger partial charge in [0.15, 0.2) is 5.82 Å². The first-order valence-corrected chi connectivity index (χ1v) is 7.43. The molecule has 6 heteroatoms. The molecule has 0 fully saturated rings. The largest absolute Gasteiger partial charge is 0.305 e. The molecular formula is C14H9Br2N3O. The highest BCUT2D eigenvalue weighted by molar-refractivity contribution is 9.11. The molecule has 0 aliphatic rings. The number of hydrogen-bond donors (Lipinski definition) is 2. The molecular weight excluding hydrogens is 386 g/mol. The maximum absolute atomic E-state index is 12.3. The summed E-state index contributed by atoms with van der Waals surface area (Å²) in [6.07, 6.45) is 0. The van der Waals surface area contributed by atoms with E-state index in [1.54, 1.807) is 6.07 Å². The normalized spacial score (nSPS) is 10.7. The van der Waals surface area contributed by atoms with Gasteiger partial charge >= 0.3 is 0 Å². The molecule has 0 radical (unpaired) electrons. The summed E-state index contributed by atoms with van der Waals surface area (Å²) in [5.41, 5.74) is 1.44. The number of anilines is 1. The molecule has 3 rings (SSSR count). The zero-order valence-electron chi connectivity index (χ0n) is 10.2. The van der Waals surface area contributed by atoms with Gasteiger partial charge in [0.2, 0.25) is 0 Å². The molecule has 4 nitrogen and oxygen atoms in total. The lowest BCUT2D eigenvalue weighted by molar-refractivity contribution is 0.102. The first kappa shape index (κ1) is 13.3. The Labute approximate surface area is 131 Å². The molecule has 1 aromatic heterocycles. The van der Waals surface area contributed by atoms with Crippen molar-refractivity contribution >= 4 is 54.5 Å². The zero-order chi connectivity index (χ0) is 14.1. The highest BCUT2D eigenvalue weighted by atomic mass is 79.9. The van der Waals surface area contributed by atoms with Crippen LogP contribution in [-0.4, -0.2) is 16.1 Å². The average molecular weight is 395 g/mol. The monoisotopic (exact) mass is 393 g/mol. The Morgan fingerprint density at radius 2 is 1.95 bits per heavy atom. The van der Waals surface area contributed by atoms with E-state index in [4.69, 9.17) is 0 Å². The van der Waals surface area contributed by atoms with Crippen molar-refractivity contribution in [1.82, 2.24) is 10.2 Å². The van der Waals surface area contributed by atoms with Crippen molar-refractivity contribution in [3.05, 3.63) is 57.0 Å². The van der Waals surface area contributed by atoms with Crippen LogP contribution in [-0.2, 0) is 0 Å². The van der Waals surface area contributed by atoms with Gasteiger partial charge in [-0.05, 0) is 46.3 Å². The van der Waals surface area contributed by atoms with Crippen LogP contribution in [0.25, 0.3) is 10.9 Å². The standard InChI is InChI=1S/C14H9Br2N3O/c15-8-5-6-9(11(16)7-8)14(20)17-13-10-3-1-2-4-12(10)18-19-13/h1-7H,(H2,17,18,19,20). The summed E-state index contributed by atoms with van der Waals surface area (Å²) in [6.45, 7) is 0. The Hall–Kier alpha value is -1.66. The number of rotatable bonds is 2. The molecule has 3 aromatic rings. The number of carbonyl (C=O) groups is 1. The molecule has 0 aliphatic carbocycles. The maximum atomic E-state index is 12.3. The number of halogens is 2. The van der Waals surface area contributed by atoms with Gasteiger partial charge in [-0.15, -0.1) is 0 Å². The molecule has 0 saturated heterocycles. The molecule has 2 N–H and O–H groups in total. The van der Waals surface area contributed by atoms with Crippen molar-refractivity contribution < 1.29 is 4.79 Å². The van der Waals surface area contributed by atoms with Gasteiger partial charge in [0, 0.05) is 14.3 Å². The van der Waals surface area contributed by atoms with Gasteiger partial charge in [-0.2, -0.15) is 5.10 Å². The van der Waals surface area contributed by atoms with Crippen LogP contribution in [0.2, 0.25) is 0 Å². The van der Waals surface area contributed by atoms with Crippen LogP contribution in [0.1, 0.15) is 10.4 Å². The summed E-state index contributed by atoms with van der Waals surface area (Å²) in [7, 11) is 0. The van der Waals surface area contributed by atoms with Crippen molar-refractivity contribution in [2.75, 3.05) is 5.32 Å². The van der Waals surface area contributed by atoms with Gasteiger partial charge in [0.1, 0.15) is 0 Å². The second kappa shape index (κ2) is 5.38. The van der Waals surface area contributed by atoms with E-state index in [-0.39, 0.29) is 5.91 Å². The summed E-state index contributed by atoms with van der Waals surface area (Å²) in [5.74, 6) is 0.321. The number of H-pyrrole nitrogens is 1. The first-order valence-electron chi connectivity index (χ1n) is 5.84. The van der Waals surface area contributed by atoms with Gasteiger partial charge in [-0.1, -0.05) is 28.1 Å². The minimum atomic E-state index is -0.207. The number of benzene rings is 2. The molecule has 100 valence electrons. The van der Waals surface area contributed by atoms with Crippen molar-refractivity contribution in [1.29, 1.82) is 0 Å². The van der Waals surface area contributed by atoms with Crippen molar-refractivity contribution in [2.45, 2.75) is 0 Å². The molecule has 20 heavy (non-hydrogen) atoms. The van der Waals surface area contributed by atoms with E-state index in [0.717, 1.165) is 19.8 Å². The Bertz CT molecular complexity index is 798. The van der Waals surface area contributed by atoms with Crippen molar-refractivity contribution in [3.63, 3.8) is 0 Å². The number of hydrogen-bond acceptors (Lipinski definition) is 2. The minimum absolute atomic E-state index is 0.207. The Kier molecular flexibility index (Phi) is 3.58. The molecule has 0 spiro atoms. The Morgan fingerprint density at radius 1 is 1.15 bits per heavy atom. The number of aromatic nitrogens is 2. The van der Waals surface area contributed by atoms with Gasteiger partial charge < -0.3 is 5.32 Å². The third-order valence-corrected chi connectivity index (χ3v) is 4.03. The maximum Gasteiger partial charge on any atom is 0.258 e. The van der Waals surface area contributed by atoms with Crippen molar-refractivity contribution in [3.8, 4) is 0 Å². The average Bonchev–Trinajstić information content (AvgIpc) is 2.82. The van der Waals surface area contributed by atoms with E-state index in [2.05, 4.69) is 47.4 Å². The van der Waals surface area contributed by atoms with Crippen LogP contribution >= 0.6 is 31.9 Å². The Balaban J connectivity index is 1.92. The van der Waals surface area contributed by atoms with E-state index in [9.17, 15) is 4.79 Å². The summed E-state index contributed by atoms with van der Waals surface area (Å²) >= 11 is 6.74. The van der Waals surface area contributed by atoms with E-state index in [0.29, 0.717) is 11.4 Å². The molecule has 0 unspecified atom stereocenters. The van der Waals surface area contributed by atoms with E-state index < -0.39 is 0 Å². The third-order valence-electron chi connectivity index (χ3n) is 2.88. The van der Waals surface area contributed by atoms with Gasteiger partial charge in [0.25, 0.3) is 5.91 Å². The second-order valence-corrected chi connectivity index (χ2v) is 5.97. The van der Waals surface area contributed by atoms with Gasteiger partial charge in [-0.25, -0.2) is 0 Å². The van der Waals surface area contributed by atoms with E-state index in [1.165, 1.54) is 0 Å². The number of carbonyl (C=O) groups excluding carboxylic acids is 1. The second-order valence-electron chi connectivity index (χ2n) is 4.20. The first-order chi connectivity index (χ1) is 9.65. The zero-order valence-corrected chi connectivity index (χ0v) is 13.3. The van der Waals surface area contributed by atoms with Crippen LogP contribution in [0.4, 0.5) is 5.82 Å². The quantitative estimate of drug-likeness (QED) is 0.679. The lowest BCUT2D eigenvalue weighted by Gasteiger charge is -2.05. The smallest absolute Gasteiger partial charge is 0.258 e. The molecule has 0 bridgehead atoms. The van der Waals surface area contributed by atoms with Crippen LogP contribution in [0.3, 0.4) is 0 Å². The lowest BCUT2D eigenvalue weighted by atomic mass is 10.2. The van der Waals surface area contributed by atoms with E-state index in [1.807, 2.05) is 36.4 Å². The molecule has 0 aliphatic heterocycles. The predicted molar refractivity (Wildman–Crippen MR) is 85.9 cm³/mol. The molecule has 2 aromatic carbocycles. The van der Waals surface area contributed by atoms with Crippen LogP contribution < -0.4 is 5.32 Å². The lowest BCUT2D eigenvalue weighted by Crippen LogP contribution is -2.13. The van der Waals surface area contributed by atoms with Crippen molar-refractivity contribution in [2.24, 2.45) is 0 Å². The van der Waals surface area contributed by atoms with Crippen LogP contribution in [0, 0.1) is 0 Å². The molecule has 1 heterocycles. The fourth-order valence-corrected chi connectivity index (χ4v) is 3.13. The third kappa shape index (κ3) is 2.48. The fraction of sp³-hybridized carbons (Fsp3) is 0. The SMILES string of the molecule is O=C(Nc1n[nH]c2ccccc12)c1ccc(Br)cc1Br. The predicted octanol–water partition coefficient (Wildman–Crippen LogP) is 4.34. The number of fused-ring (bicyclic) bond motifs is 1. The number of aromatic amines is 1. The number of para-hydroxylation sites is 1. The minimum Gasteiger partial charge on any atom is -0.305 e. The van der Waals surface area contributed by atoms with Gasteiger partial charge in [0.05, 0.1) is 11.1 Å². The Morgan fingerprint density at radius 3 is 2.75 bits per heavy atom. The van der Waals surface area contributed by atoms with E-state index >= 15 is 0 Å². The highest BCUT2D eigenvalue weighted by Gasteiger charge is 2.13. The number of nitrogens with zero attached hydrogens (tertiary/aromatic N) is 1. The number of amides is 1. The molecule has 1 amide bonds.